The molecule has 0 radical (unpaired) electrons. The Kier molecular flexibility index (Phi) is 6.76. The van der Waals surface area contributed by atoms with Crippen LogP contribution < -0.4 is 0 Å². The summed E-state index contributed by atoms with van der Waals surface area (Å²) in [5.41, 5.74) is 5.86. The molecule has 0 N–H and O–H groups in total. The molecule has 4 aromatic rings. The lowest BCUT2D eigenvalue weighted by Crippen LogP contribution is -2.00. The predicted molar refractivity (Wildman–Crippen MR) is 132 cm³/mol. The maximum Gasteiger partial charge on any atom is 0.0724 e. The Morgan fingerprint density at radius 2 is 1.74 bits per heavy atom. The number of nitrogens with zero attached hydrogens (tertiary/aromatic N) is 1. The molecule has 0 saturated heterocycles. The summed E-state index contributed by atoms with van der Waals surface area (Å²) in [6.07, 6.45) is 6.83. The van der Waals surface area contributed by atoms with Crippen LogP contribution in [0.3, 0.4) is 0 Å². The van der Waals surface area contributed by atoms with Gasteiger partial charge in [-0.2, -0.15) is 0 Å². The second-order valence-electron chi connectivity index (χ2n) is 7.45. The fourth-order valence-electron chi connectivity index (χ4n) is 3.65. The van der Waals surface area contributed by atoms with Gasteiger partial charge in [0.05, 0.1) is 11.2 Å². The highest BCUT2D eigenvalue weighted by atomic mass is 35.5. The summed E-state index contributed by atoms with van der Waals surface area (Å²) in [5, 5.41) is 1.48. The molecule has 3 aromatic carbocycles. The SMILES string of the molecule is O=C([S-])c1ccccc1CCCc1cccc(/C=C/c2ccc3ccc(Cl)cc3n2)c1. The van der Waals surface area contributed by atoms with E-state index < -0.39 is 0 Å². The monoisotopic (exact) mass is 442 g/mol. The van der Waals surface area contributed by atoms with Gasteiger partial charge in [0.1, 0.15) is 0 Å². The number of benzene rings is 3. The van der Waals surface area contributed by atoms with Gasteiger partial charge in [0.2, 0.25) is 0 Å². The second-order valence-corrected chi connectivity index (χ2v) is 8.26. The number of aryl methyl sites for hydroxylation is 2. The van der Waals surface area contributed by atoms with Crippen LogP contribution in [0.2, 0.25) is 5.02 Å². The number of rotatable bonds is 7. The van der Waals surface area contributed by atoms with Gasteiger partial charge >= 0.3 is 0 Å². The van der Waals surface area contributed by atoms with Crippen LogP contribution in [0, 0.1) is 0 Å². The molecule has 0 aliphatic carbocycles. The summed E-state index contributed by atoms with van der Waals surface area (Å²) in [5.74, 6) is 0. The molecule has 0 aliphatic rings. The van der Waals surface area contributed by atoms with Crippen LogP contribution in [0.5, 0.6) is 0 Å². The molecule has 1 heterocycles. The van der Waals surface area contributed by atoms with E-state index in [-0.39, 0.29) is 5.12 Å². The maximum absolute atomic E-state index is 11.6. The highest BCUT2D eigenvalue weighted by Crippen LogP contribution is 2.19. The third kappa shape index (κ3) is 5.57. The summed E-state index contributed by atoms with van der Waals surface area (Å²) >= 11 is 10.9. The largest absolute Gasteiger partial charge is 0.737 e. The quantitative estimate of drug-likeness (QED) is 0.291. The molecule has 4 heteroatoms. The van der Waals surface area contributed by atoms with Crippen LogP contribution in [0.1, 0.15) is 39.2 Å². The van der Waals surface area contributed by atoms with Crippen molar-refractivity contribution >= 4 is 52.4 Å². The molecular formula is C27H21ClNOS-. The lowest BCUT2D eigenvalue weighted by Gasteiger charge is -2.11. The molecule has 0 aliphatic heterocycles. The first kappa shape index (κ1) is 21.2. The first-order valence-electron chi connectivity index (χ1n) is 10.2. The number of carbonyl (C=O) groups is 1. The minimum absolute atomic E-state index is 0.285. The zero-order chi connectivity index (χ0) is 21.6. The van der Waals surface area contributed by atoms with Gasteiger partial charge < -0.3 is 17.4 Å². The summed E-state index contributed by atoms with van der Waals surface area (Å²) in [6.45, 7) is 0. The van der Waals surface area contributed by atoms with E-state index in [0.29, 0.717) is 10.6 Å². The van der Waals surface area contributed by atoms with Crippen LogP contribution >= 0.6 is 11.6 Å². The van der Waals surface area contributed by atoms with E-state index in [0.717, 1.165) is 47.0 Å². The number of fused-ring (bicyclic) bond motifs is 1. The van der Waals surface area contributed by atoms with Gasteiger partial charge in [0, 0.05) is 15.5 Å². The molecule has 0 saturated carbocycles. The van der Waals surface area contributed by atoms with Gasteiger partial charge in [0.15, 0.2) is 0 Å². The number of carbonyl (C=O) groups excluding carboxylic acids is 1. The number of hydrogen-bond donors (Lipinski definition) is 0. The smallest absolute Gasteiger partial charge is 0.0724 e. The Morgan fingerprint density at radius 1 is 0.903 bits per heavy atom. The minimum Gasteiger partial charge on any atom is -0.737 e. The van der Waals surface area contributed by atoms with Gasteiger partial charge in [-0.1, -0.05) is 78.3 Å². The fourth-order valence-corrected chi connectivity index (χ4v) is 4.02. The van der Waals surface area contributed by atoms with Crippen molar-refractivity contribution in [3.05, 3.63) is 112 Å². The maximum atomic E-state index is 11.6. The Labute approximate surface area is 193 Å². The van der Waals surface area contributed by atoms with Crippen LogP contribution in [0.25, 0.3) is 23.1 Å². The van der Waals surface area contributed by atoms with Gasteiger partial charge in [-0.05, 0) is 65.8 Å². The second kappa shape index (κ2) is 9.86. The van der Waals surface area contributed by atoms with E-state index in [1.807, 2.05) is 54.6 Å². The first-order chi connectivity index (χ1) is 15.1. The van der Waals surface area contributed by atoms with Crippen molar-refractivity contribution in [2.24, 2.45) is 0 Å². The van der Waals surface area contributed by atoms with E-state index >= 15 is 0 Å². The molecule has 2 nitrogen and oxygen atoms in total. The lowest BCUT2D eigenvalue weighted by atomic mass is 9.99. The summed E-state index contributed by atoms with van der Waals surface area (Å²) < 4.78 is 0. The molecular weight excluding hydrogens is 422 g/mol. The Balaban J connectivity index is 1.42. The van der Waals surface area contributed by atoms with Crippen LogP contribution in [-0.2, 0) is 25.5 Å². The van der Waals surface area contributed by atoms with Crippen LogP contribution in [-0.4, -0.2) is 10.1 Å². The van der Waals surface area contributed by atoms with Crippen molar-refractivity contribution in [1.82, 2.24) is 4.98 Å². The number of pyridine rings is 1. The van der Waals surface area contributed by atoms with Crippen LogP contribution in [0.4, 0.5) is 0 Å². The van der Waals surface area contributed by atoms with Crippen molar-refractivity contribution in [2.75, 3.05) is 0 Å². The van der Waals surface area contributed by atoms with Crippen molar-refractivity contribution in [3.63, 3.8) is 0 Å². The normalized spacial score (nSPS) is 11.3. The molecule has 31 heavy (non-hydrogen) atoms. The topological polar surface area (TPSA) is 30.0 Å². The van der Waals surface area contributed by atoms with Gasteiger partial charge in [-0.25, -0.2) is 4.98 Å². The Hall–Kier alpha value is -3.01. The zero-order valence-corrected chi connectivity index (χ0v) is 18.5. The summed E-state index contributed by atoms with van der Waals surface area (Å²) in [4.78, 5) is 16.3. The molecule has 0 amide bonds. The van der Waals surface area contributed by atoms with Crippen molar-refractivity contribution < 1.29 is 4.79 Å². The average Bonchev–Trinajstić information content (AvgIpc) is 2.78. The molecule has 0 unspecified atom stereocenters. The van der Waals surface area contributed by atoms with Gasteiger partial charge in [-0.3, -0.25) is 0 Å². The van der Waals surface area contributed by atoms with Gasteiger partial charge in [-0.15, -0.1) is 0 Å². The molecule has 0 bridgehead atoms. The minimum atomic E-state index is -0.285. The van der Waals surface area contributed by atoms with Crippen molar-refractivity contribution in [1.29, 1.82) is 0 Å². The third-order valence-electron chi connectivity index (χ3n) is 5.22. The highest BCUT2D eigenvalue weighted by molar-refractivity contribution is 7.77. The number of hydrogen-bond acceptors (Lipinski definition) is 3. The molecule has 1 aromatic heterocycles. The number of halogens is 1. The first-order valence-corrected chi connectivity index (χ1v) is 11.0. The summed E-state index contributed by atoms with van der Waals surface area (Å²) in [6, 6.07) is 25.9. The molecule has 0 atom stereocenters. The number of aromatic nitrogens is 1. The van der Waals surface area contributed by atoms with E-state index in [1.54, 1.807) is 0 Å². The average molecular weight is 443 g/mol. The highest BCUT2D eigenvalue weighted by Gasteiger charge is 2.03. The van der Waals surface area contributed by atoms with E-state index in [2.05, 4.69) is 41.4 Å². The molecule has 154 valence electrons. The lowest BCUT2D eigenvalue weighted by molar-refractivity contribution is 0.108. The van der Waals surface area contributed by atoms with Crippen molar-refractivity contribution in [3.8, 4) is 0 Å². The molecule has 0 fully saturated rings. The predicted octanol–water partition coefficient (Wildman–Crippen LogP) is 6.92. The van der Waals surface area contributed by atoms with E-state index in [4.69, 9.17) is 24.2 Å². The summed E-state index contributed by atoms with van der Waals surface area (Å²) in [7, 11) is 0. The standard InChI is InChI=1S/C27H22ClNOS/c28-23-14-12-22-13-16-24(29-26(22)18-23)15-11-20-6-3-5-19(17-20)7-4-9-21-8-1-2-10-25(21)27(30)31/h1-3,5-6,8,10-18H,4,7,9H2,(H,30,31)/p-1/b15-11+. The van der Waals surface area contributed by atoms with Crippen LogP contribution in [0.15, 0.2) is 78.9 Å². The van der Waals surface area contributed by atoms with E-state index in [1.165, 1.54) is 5.56 Å². The molecule has 4 rings (SSSR count). The Bertz CT molecular complexity index is 1270. The van der Waals surface area contributed by atoms with Crippen molar-refractivity contribution in [2.45, 2.75) is 19.3 Å². The zero-order valence-electron chi connectivity index (χ0n) is 16.9. The third-order valence-corrected chi connectivity index (χ3v) is 5.68. The Morgan fingerprint density at radius 3 is 2.61 bits per heavy atom. The fraction of sp³-hybridized carbons (Fsp3) is 0.111. The van der Waals surface area contributed by atoms with E-state index in [9.17, 15) is 4.79 Å². The van der Waals surface area contributed by atoms with Gasteiger partial charge in [0.25, 0.3) is 0 Å². The molecule has 0 spiro atoms.